The van der Waals surface area contributed by atoms with Gasteiger partial charge in [0.2, 0.25) is 0 Å². The molecule has 0 aliphatic carbocycles. The van der Waals surface area contributed by atoms with Crippen LogP contribution in [0.1, 0.15) is 11.9 Å². The van der Waals surface area contributed by atoms with E-state index in [0.717, 1.165) is 15.2 Å². The van der Waals surface area contributed by atoms with Crippen molar-refractivity contribution in [2.45, 2.75) is 18.9 Å². The maximum Gasteiger partial charge on any atom is 0.0967 e. The summed E-state index contributed by atoms with van der Waals surface area (Å²) in [5.41, 5.74) is 5.46. The van der Waals surface area contributed by atoms with Gasteiger partial charge in [-0.05, 0) is 25.1 Å². The lowest BCUT2D eigenvalue weighted by atomic mass is 10.0. The van der Waals surface area contributed by atoms with Crippen LogP contribution in [0.3, 0.4) is 0 Å². The summed E-state index contributed by atoms with van der Waals surface area (Å²) < 4.78 is 1.08. The molecule has 86 valence electrons. The van der Waals surface area contributed by atoms with Crippen LogP contribution in [-0.2, 0) is 6.42 Å². The van der Waals surface area contributed by atoms with Crippen molar-refractivity contribution in [3.63, 3.8) is 0 Å². The van der Waals surface area contributed by atoms with E-state index < -0.39 is 5.60 Å². The second-order valence-electron chi connectivity index (χ2n) is 4.10. The van der Waals surface area contributed by atoms with Crippen molar-refractivity contribution in [3.8, 4) is 0 Å². The lowest BCUT2D eigenvalue weighted by Gasteiger charge is -2.18. The Hall–Kier alpha value is -0.680. The molecule has 2 aromatic rings. The van der Waals surface area contributed by atoms with Crippen LogP contribution in [0.2, 0.25) is 5.02 Å². The van der Waals surface area contributed by atoms with Crippen molar-refractivity contribution in [2.24, 2.45) is 5.73 Å². The molecule has 0 fully saturated rings. The summed E-state index contributed by atoms with van der Waals surface area (Å²) in [6, 6.07) is 5.61. The van der Waals surface area contributed by atoms with Crippen LogP contribution < -0.4 is 5.73 Å². The Bertz CT molecular complexity index is 510. The molecular formula is C11H13ClN2OS. The number of fused-ring (bicyclic) bond motifs is 1. The summed E-state index contributed by atoms with van der Waals surface area (Å²) in [7, 11) is 0. The Morgan fingerprint density at radius 3 is 3.00 bits per heavy atom. The van der Waals surface area contributed by atoms with Crippen molar-refractivity contribution >= 4 is 33.2 Å². The Labute approximate surface area is 103 Å². The van der Waals surface area contributed by atoms with Crippen molar-refractivity contribution < 1.29 is 5.11 Å². The molecule has 0 radical (unpaired) electrons. The van der Waals surface area contributed by atoms with E-state index in [1.54, 1.807) is 18.3 Å². The predicted octanol–water partition coefficient (Wildman–Crippen LogP) is 2.20. The molecule has 1 atom stereocenters. The number of rotatable bonds is 3. The molecule has 0 bridgehead atoms. The van der Waals surface area contributed by atoms with Crippen LogP contribution in [0, 0.1) is 0 Å². The Morgan fingerprint density at radius 1 is 1.56 bits per heavy atom. The molecule has 0 amide bonds. The quantitative estimate of drug-likeness (QED) is 0.885. The van der Waals surface area contributed by atoms with Crippen molar-refractivity contribution in [1.82, 2.24) is 4.98 Å². The Morgan fingerprint density at radius 2 is 2.31 bits per heavy atom. The molecule has 5 heteroatoms. The minimum absolute atomic E-state index is 0.226. The molecule has 3 N–H and O–H groups in total. The standard InChI is InChI=1S/C11H13ClN2OS/c1-11(15,6-13)5-10-14-8-4-7(12)2-3-9(8)16-10/h2-4,15H,5-6,13H2,1H3. The van der Waals surface area contributed by atoms with Crippen LogP contribution in [0.25, 0.3) is 10.2 Å². The molecule has 2 rings (SSSR count). The third kappa shape index (κ3) is 2.52. The maximum absolute atomic E-state index is 9.87. The number of aliphatic hydroxyl groups is 1. The van der Waals surface area contributed by atoms with Crippen molar-refractivity contribution in [3.05, 3.63) is 28.2 Å². The Balaban J connectivity index is 2.33. The first-order chi connectivity index (χ1) is 7.50. The molecule has 16 heavy (non-hydrogen) atoms. The van der Waals surface area contributed by atoms with Gasteiger partial charge in [-0.15, -0.1) is 11.3 Å². The molecule has 3 nitrogen and oxygen atoms in total. The van der Waals surface area contributed by atoms with Crippen molar-refractivity contribution in [2.75, 3.05) is 6.54 Å². The van der Waals surface area contributed by atoms with Gasteiger partial charge in [0.15, 0.2) is 0 Å². The van der Waals surface area contributed by atoms with Gasteiger partial charge in [-0.3, -0.25) is 0 Å². The SMILES string of the molecule is CC(O)(CN)Cc1nc2cc(Cl)ccc2s1. The van der Waals surface area contributed by atoms with Gasteiger partial charge in [0.25, 0.3) is 0 Å². The fourth-order valence-electron chi connectivity index (χ4n) is 1.42. The highest BCUT2D eigenvalue weighted by atomic mass is 35.5. The fourth-order valence-corrected chi connectivity index (χ4v) is 2.71. The molecule has 1 aromatic heterocycles. The van der Waals surface area contributed by atoms with E-state index in [-0.39, 0.29) is 6.54 Å². The number of halogens is 1. The minimum Gasteiger partial charge on any atom is -0.388 e. The van der Waals surface area contributed by atoms with Crippen LogP contribution in [0.5, 0.6) is 0 Å². The number of nitrogens with two attached hydrogens (primary N) is 1. The molecule has 0 saturated heterocycles. The normalized spacial score (nSPS) is 15.2. The summed E-state index contributed by atoms with van der Waals surface area (Å²) in [4.78, 5) is 4.43. The number of hydrogen-bond donors (Lipinski definition) is 2. The zero-order valence-electron chi connectivity index (χ0n) is 8.90. The third-order valence-corrected chi connectivity index (χ3v) is 3.64. The highest BCUT2D eigenvalue weighted by Crippen LogP contribution is 2.26. The first-order valence-electron chi connectivity index (χ1n) is 4.97. The van der Waals surface area contributed by atoms with Gasteiger partial charge in [0, 0.05) is 18.0 Å². The summed E-state index contributed by atoms with van der Waals surface area (Å²) in [5.74, 6) is 0. The average molecular weight is 257 g/mol. The first-order valence-corrected chi connectivity index (χ1v) is 6.17. The van der Waals surface area contributed by atoms with Gasteiger partial charge in [-0.2, -0.15) is 0 Å². The number of thiazole rings is 1. The molecule has 0 aliphatic heterocycles. The van der Waals surface area contributed by atoms with Crippen LogP contribution in [0.15, 0.2) is 18.2 Å². The van der Waals surface area contributed by atoms with Gasteiger partial charge in [-0.1, -0.05) is 11.6 Å². The second-order valence-corrected chi connectivity index (χ2v) is 5.65. The molecular weight excluding hydrogens is 244 g/mol. The van der Waals surface area contributed by atoms with E-state index in [1.807, 2.05) is 18.2 Å². The van der Waals surface area contributed by atoms with E-state index in [0.29, 0.717) is 11.4 Å². The maximum atomic E-state index is 9.87. The molecule has 0 spiro atoms. The second kappa shape index (κ2) is 4.30. The number of hydrogen-bond acceptors (Lipinski definition) is 4. The van der Waals surface area contributed by atoms with Crippen LogP contribution in [0.4, 0.5) is 0 Å². The molecule has 1 unspecified atom stereocenters. The molecule has 1 aromatic carbocycles. The van der Waals surface area contributed by atoms with Gasteiger partial charge in [0.05, 0.1) is 20.8 Å². The van der Waals surface area contributed by atoms with Gasteiger partial charge < -0.3 is 10.8 Å². The summed E-state index contributed by atoms with van der Waals surface area (Å²) in [6.07, 6.45) is 0.473. The number of nitrogens with zero attached hydrogens (tertiary/aromatic N) is 1. The average Bonchev–Trinajstić information content (AvgIpc) is 2.58. The summed E-state index contributed by atoms with van der Waals surface area (Å²) >= 11 is 7.45. The fraction of sp³-hybridized carbons (Fsp3) is 0.364. The summed E-state index contributed by atoms with van der Waals surface area (Å²) in [6.45, 7) is 1.94. The number of benzene rings is 1. The van der Waals surface area contributed by atoms with E-state index in [9.17, 15) is 5.11 Å². The highest BCUT2D eigenvalue weighted by molar-refractivity contribution is 7.18. The monoisotopic (exact) mass is 256 g/mol. The van der Waals surface area contributed by atoms with Gasteiger partial charge >= 0.3 is 0 Å². The molecule has 1 heterocycles. The van der Waals surface area contributed by atoms with Gasteiger partial charge in [-0.25, -0.2) is 4.98 Å². The van der Waals surface area contributed by atoms with E-state index in [4.69, 9.17) is 17.3 Å². The van der Waals surface area contributed by atoms with Crippen molar-refractivity contribution in [1.29, 1.82) is 0 Å². The van der Waals surface area contributed by atoms with E-state index >= 15 is 0 Å². The highest BCUT2D eigenvalue weighted by Gasteiger charge is 2.20. The van der Waals surface area contributed by atoms with E-state index in [2.05, 4.69) is 4.98 Å². The zero-order valence-corrected chi connectivity index (χ0v) is 10.5. The number of aromatic nitrogens is 1. The smallest absolute Gasteiger partial charge is 0.0967 e. The van der Waals surface area contributed by atoms with E-state index in [1.165, 1.54) is 0 Å². The third-order valence-electron chi connectivity index (χ3n) is 2.37. The lowest BCUT2D eigenvalue weighted by Crippen LogP contribution is -2.36. The summed E-state index contributed by atoms with van der Waals surface area (Å²) in [5, 5.41) is 11.4. The molecule has 0 saturated carbocycles. The topological polar surface area (TPSA) is 59.1 Å². The first kappa shape index (κ1) is 11.8. The Kier molecular flexibility index (Phi) is 3.17. The van der Waals surface area contributed by atoms with Gasteiger partial charge in [0.1, 0.15) is 0 Å². The van der Waals surface area contributed by atoms with Crippen LogP contribution >= 0.6 is 22.9 Å². The van der Waals surface area contributed by atoms with Crippen LogP contribution in [-0.4, -0.2) is 22.2 Å². The largest absolute Gasteiger partial charge is 0.388 e. The zero-order chi connectivity index (χ0) is 11.8. The minimum atomic E-state index is -0.891. The molecule has 0 aliphatic rings. The predicted molar refractivity (Wildman–Crippen MR) is 68.0 cm³/mol. The lowest BCUT2D eigenvalue weighted by molar-refractivity contribution is 0.0696.